The summed E-state index contributed by atoms with van der Waals surface area (Å²) in [5.74, 6) is -0.952. The van der Waals surface area contributed by atoms with Crippen LogP contribution in [0.5, 0.6) is 0 Å². The molecule has 0 aliphatic carbocycles. The minimum atomic E-state index is -1.60. The summed E-state index contributed by atoms with van der Waals surface area (Å²) in [7, 11) is -1.60. The zero-order chi connectivity index (χ0) is 16.8. The lowest BCUT2D eigenvalue weighted by Crippen LogP contribution is -2.48. The van der Waals surface area contributed by atoms with Gasteiger partial charge >= 0.3 is 7.12 Å². The smallest absolute Gasteiger partial charge is 0.426 e. The lowest BCUT2D eigenvalue weighted by atomic mass is 9.75. The molecule has 0 unspecified atom stereocenters. The predicted molar refractivity (Wildman–Crippen MR) is 91.9 cm³/mol. The summed E-state index contributed by atoms with van der Waals surface area (Å²) in [5.41, 5.74) is 4.18. The fourth-order valence-electron chi connectivity index (χ4n) is 2.45. The molecule has 0 spiro atoms. The fourth-order valence-corrected chi connectivity index (χ4v) is 2.45. The van der Waals surface area contributed by atoms with Crippen molar-refractivity contribution in [2.75, 3.05) is 0 Å². The predicted octanol–water partition coefficient (Wildman–Crippen LogP) is 1.59. The number of carbonyl (C=O) groups is 1. The van der Waals surface area contributed by atoms with Gasteiger partial charge in [0.15, 0.2) is 0 Å². The molecular weight excluding hydrogens is 289 g/mol. The van der Waals surface area contributed by atoms with Crippen LogP contribution in [0.15, 0.2) is 48.5 Å². The zero-order valence-electron chi connectivity index (χ0n) is 13.5. The first-order valence-corrected chi connectivity index (χ1v) is 7.71. The van der Waals surface area contributed by atoms with Crippen LogP contribution >= 0.6 is 0 Å². The van der Waals surface area contributed by atoms with Gasteiger partial charge in [0.05, 0.1) is 12.4 Å². The molecule has 1 atom stereocenters. The Morgan fingerprint density at radius 2 is 1.74 bits per heavy atom. The highest BCUT2D eigenvalue weighted by Crippen LogP contribution is 2.12. The first-order valence-electron chi connectivity index (χ1n) is 7.71. The van der Waals surface area contributed by atoms with E-state index in [1.165, 1.54) is 5.56 Å². The maximum atomic E-state index is 12.1. The minimum absolute atomic E-state index is 0.219. The third-order valence-corrected chi connectivity index (χ3v) is 3.94. The molecular formula is C18H22BNO3. The molecule has 1 amide bonds. The Labute approximate surface area is 137 Å². The van der Waals surface area contributed by atoms with Gasteiger partial charge in [-0.15, -0.1) is 0 Å². The molecule has 0 radical (unpaired) electrons. The van der Waals surface area contributed by atoms with Crippen LogP contribution in [0.3, 0.4) is 0 Å². The van der Waals surface area contributed by atoms with E-state index in [1.807, 2.05) is 62.4 Å². The second kappa shape index (κ2) is 7.95. The van der Waals surface area contributed by atoms with E-state index in [1.54, 1.807) is 0 Å². The van der Waals surface area contributed by atoms with Crippen molar-refractivity contribution in [2.45, 2.75) is 32.6 Å². The van der Waals surface area contributed by atoms with Crippen LogP contribution in [-0.4, -0.2) is 29.0 Å². The Balaban J connectivity index is 2.00. The second-order valence-electron chi connectivity index (χ2n) is 5.87. The number of aryl methyl sites for hydroxylation is 2. The molecule has 0 saturated carbocycles. The minimum Gasteiger partial charge on any atom is -0.426 e. The second-order valence-corrected chi connectivity index (χ2v) is 5.87. The Morgan fingerprint density at radius 3 is 2.35 bits per heavy atom. The van der Waals surface area contributed by atoms with Crippen molar-refractivity contribution >= 4 is 13.0 Å². The maximum Gasteiger partial charge on any atom is 0.475 e. The van der Waals surface area contributed by atoms with Gasteiger partial charge in [0, 0.05) is 0 Å². The van der Waals surface area contributed by atoms with E-state index < -0.39 is 13.1 Å². The normalized spacial score (nSPS) is 11.8. The van der Waals surface area contributed by atoms with Crippen LogP contribution in [-0.2, 0) is 17.6 Å². The number of carbonyl (C=O) groups excluding carboxylic acids is 1. The molecule has 0 saturated heterocycles. The van der Waals surface area contributed by atoms with Crippen molar-refractivity contribution in [2.24, 2.45) is 0 Å². The van der Waals surface area contributed by atoms with Crippen LogP contribution in [0, 0.1) is 13.8 Å². The summed E-state index contributed by atoms with van der Waals surface area (Å²) in [6.07, 6.45) is 0.594. The highest BCUT2D eigenvalue weighted by atomic mass is 16.4. The van der Waals surface area contributed by atoms with Gasteiger partial charge < -0.3 is 15.4 Å². The van der Waals surface area contributed by atoms with Gasteiger partial charge in [-0.2, -0.15) is 0 Å². The number of amides is 1. The lowest BCUT2D eigenvalue weighted by molar-refractivity contribution is -0.120. The molecule has 0 fully saturated rings. The van der Waals surface area contributed by atoms with Crippen molar-refractivity contribution in [1.82, 2.24) is 5.32 Å². The topological polar surface area (TPSA) is 69.6 Å². The molecule has 23 heavy (non-hydrogen) atoms. The van der Waals surface area contributed by atoms with Crippen molar-refractivity contribution in [1.29, 1.82) is 0 Å². The van der Waals surface area contributed by atoms with Crippen LogP contribution < -0.4 is 5.32 Å². The Bertz CT molecular complexity index is 659. The van der Waals surface area contributed by atoms with E-state index in [2.05, 4.69) is 5.32 Å². The van der Waals surface area contributed by atoms with Gasteiger partial charge in [-0.3, -0.25) is 4.79 Å². The average molecular weight is 311 g/mol. The van der Waals surface area contributed by atoms with Crippen LogP contribution in [0.4, 0.5) is 0 Å². The third-order valence-electron chi connectivity index (χ3n) is 3.94. The molecule has 5 heteroatoms. The molecule has 3 N–H and O–H groups in total. The summed E-state index contributed by atoms with van der Waals surface area (Å²) in [6, 6.07) is 15.3. The molecule has 4 nitrogen and oxygen atoms in total. The van der Waals surface area contributed by atoms with E-state index in [4.69, 9.17) is 0 Å². The maximum absolute atomic E-state index is 12.1. The highest BCUT2D eigenvalue weighted by molar-refractivity contribution is 6.43. The fraction of sp³-hybridized carbons (Fsp3) is 0.278. The van der Waals surface area contributed by atoms with E-state index in [0.29, 0.717) is 6.42 Å². The molecule has 2 aromatic carbocycles. The SMILES string of the molecule is Cc1ccc(C[C@@H](NC(=O)Cc2ccccc2)B(O)O)cc1C. The molecule has 0 bridgehead atoms. The molecule has 2 rings (SSSR count). The third kappa shape index (κ3) is 5.23. The van der Waals surface area contributed by atoms with Crippen molar-refractivity contribution in [3.05, 3.63) is 70.8 Å². The van der Waals surface area contributed by atoms with Gasteiger partial charge in [0.1, 0.15) is 0 Å². The van der Waals surface area contributed by atoms with Crippen molar-refractivity contribution in [3.63, 3.8) is 0 Å². The first kappa shape index (κ1) is 17.3. The lowest BCUT2D eigenvalue weighted by Gasteiger charge is -2.18. The summed E-state index contributed by atoms with van der Waals surface area (Å²) in [5, 5.41) is 21.8. The molecule has 2 aromatic rings. The average Bonchev–Trinajstić information content (AvgIpc) is 2.51. The van der Waals surface area contributed by atoms with Gasteiger partial charge in [-0.25, -0.2) is 0 Å². The summed E-state index contributed by atoms with van der Waals surface area (Å²) in [4.78, 5) is 12.1. The molecule has 0 aliphatic rings. The van der Waals surface area contributed by atoms with Crippen molar-refractivity contribution < 1.29 is 14.8 Å². The summed E-state index contributed by atoms with van der Waals surface area (Å²) in [6.45, 7) is 4.04. The number of rotatable bonds is 6. The molecule has 0 aromatic heterocycles. The van der Waals surface area contributed by atoms with E-state index in [9.17, 15) is 14.8 Å². The standard InChI is InChI=1S/C18H22BNO3/c1-13-8-9-16(10-14(13)2)11-17(19(22)23)20-18(21)12-15-6-4-3-5-7-15/h3-10,17,22-23H,11-12H2,1-2H3,(H,20,21)/t17-/m1/s1. The number of benzene rings is 2. The quantitative estimate of drug-likeness (QED) is 0.710. The monoisotopic (exact) mass is 311 g/mol. The van der Waals surface area contributed by atoms with Crippen molar-refractivity contribution in [3.8, 4) is 0 Å². The van der Waals surface area contributed by atoms with Crippen LogP contribution in [0.1, 0.15) is 22.3 Å². The van der Waals surface area contributed by atoms with E-state index in [0.717, 1.165) is 16.7 Å². The Morgan fingerprint density at radius 1 is 1.04 bits per heavy atom. The van der Waals surface area contributed by atoms with Gasteiger partial charge in [-0.05, 0) is 42.5 Å². The molecule has 120 valence electrons. The number of hydrogen-bond acceptors (Lipinski definition) is 3. The first-order chi connectivity index (χ1) is 11.0. The van der Waals surface area contributed by atoms with Gasteiger partial charge in [0.25, 0.3) is 0 Å². The van der Waals surface area contributed by atoms with E-state index >= 15 is 0 Å². The largest absolute Gasteiger partial charge is 0.475 e. The summed E-state index contributed by atoms with van der Waals surface area (Å²) < 4.78 is 0. The molecule has 0 aliphatic heterocycles. The number of hydrogen-bond donors (Lipinski definition) is 3. The van der Waals surface area contributed by atoms with Crippen LogP contribution in [0.2, 0.25) is 0 Å². The highest BCUT2D eigenvalue weighted by Gasteiger charge is 2.25. The number of nitrogens with one attached hydrogen (secondary N) is 1. The Kier molecular flexibility index (Phi) is 5.96. The summed E-state index contributed by atoms with van der Waals surface area (Å²) >= 11 is 0. The van der Waals surface area contributed by atoms with Gasteiger partial charge in [0.2, 0.25) is 5.91 Å². The molecule has 0 heterocycles. The van der Waals surface area contributed by atoms with Crippen LogP contribution in [0.25, 0.3) is 0 Å². The van der Waals surface area contributed by atoms with Gasteiger partial charge in [-0.1, -0.05) is 48.5 Å². The zero-order valence-corrected chi connectivity index (χ0v) is 13.5. The van der Waals surface area contributed by atoms with E-state index in [-0.39, 0.29) is 12.3 Å². The Hall–Kier alpha value is -2.11.